The first-order chi connectivity index (χ1) is 10.0. The van der Waals surface area contributed by atoms with Gasteiger partial charge >= 0.3 is 0 Å². The molecule has 0 amide bonds. The third-order valence-corrected chi connectivity index (χ3v) is 5.85. The number of anilines is 1. The van der Waals surface area contributed by atoms with Gasteiger partial charge in [0.25, 0.3) is 0 Å². The van der Waals surface area contributed by atoms with Crippen molar-refractivity contribution < 1.29 is 18.3 Å². The zero-order chi connectivity index (χ0) is 15.5. The minimum Gasteiger partial charge on any atom is -0.497 e. The van der Waals surface area contributed by atoms with E-state index in [9.17, 15) is 8.42 Å². The summed E-state index contributed by atoms with van der Waals surface area (Å²) in [7, 11) is -2.09. The van der Waals surface area contributed by atoms with E-state index >= 15 is 0 Å². The lowest BCUT2D eigenvalue weighted by Gasteiger charge is -2.24. The van der Waals surface area contributed by atoms with E-state index in [4.69, 9.17) is 15.6 Å². The highest BCUT2D eigenvalue weighted by atomic mass is 32.2. The molecule has 1 aliphatic heterocycles. The molecule has 1 fully saturated rings. The Morgan fingerprint density at radius 1 is 1.48 bits per heavy atom. The molecule has 1 aliphatic rings. The van der Waals surface area contributed by atoms with Crippen LogP contribution >= 0.6 is 0 Å². The van der Waals surface area contributed by atoms with Crippen molar-refractivity contribution in [3.8, 4) is 5.75 Å². The Morgan fingerprint density at radius 2 is 2.24 bits per heavy atom. The maximum atomic E-state index is 12.8. The van der Waals surface area contributed by atoms with Gasteiger partial charge in [0.1, 0.15) is 10.6 Å². The minimum atomic E-state index is -3.60. The number of sulfonamides is 1. The average Bonchev–Trinajstić information content (AvgIpc) is 2.93. The molecule has 0 radical (unpaired) electrons. The molecule has 1 heterocycles. The van der Waals surface area contributed by atoms with Crippen LogP contribution in [-0.2, 0) is 10.0 Å². The summed E-state index contributed by atoms with van der Waals surface area (Å²) < 4.78 is 32.1. The van der Waals surface area contributed by atoms with Gasteiger partial charge in [-0.15, -0.1) is 0 Å². The van der Waals surface area contributed by atoms with Gasteiger partial charge in [-0.1, -0.05) is 0 Å². The first-order valence-electron chi connectivity index (χ1n) is 7.07. The summed E-state index contributed by atoms with van der Waals surface area (Å²) in [5, 5.41) is 8.93. The van der Waals surface area contributed by atoms with Crippen LogP contribution in [0.4, 0.5) is 5.69 Å². The highest BCUT2D eigenvalue weighted by molar-refractivity contribution is 7.89. The first kappa shape index (κ1) is 16.1. The third-order valence-electron chi connectivity index (χ3n) is 3.82. The van der Waals surface area contributed by atoms with Crippen LogP contribution in [0, 0.1) is 0 Å². The van der Waals surface area contributed by atoms with E-state index in [0.717, 1.165) is 12.8 Å². The molecule has 0 aliphatic carbocycles. The Hall–Kier alpha value is -1.31. The smallest absolute Gasteiger partial charge is 0.245 e. The maximum absolute atomic E-state index is 12.8. The highest BCUT2D eigenvalue weighted by Gasteiger charge is 2.35. The number of nitrogens with zero attached hydrogens (tertiary/aromatic N) is 1. The molecule has 1 aromatic rings. The molecule has 21 heavy (non-hydrogen) atoms. The lowest BCUT2D eigenvalue weighted by molar-refractivity contribution is 0.264. The number of nitrogen functional groups attached to an aromatic ring is 1. The SMILES string of the molecule is COc1ccc(S(=O)(=O)N2CCCC2CCCO)c(N)c1. The van der Waals surface area contributed by atoms with E-state index in [1.807, 2.05) is 0 Å². The second-order valence-electron chi connectivity index (χ2n) is 5.18. The molecule has 0 bridgehead atoms. The standard InChI is InChI=1S/C14H22N2O4S/c1-20-12-6-7-14(13(15)10-12)21(18,19)16-8-2-4-11(16)5-3-9-17/h6-7,10-11,17H,2-5,8-9,15H2,1H3. The average molecular weight is 314 g/mol. The molecule has 2 rings (SSSR count). The van der Waals surface area contributed by atoms with Crippen LogP contribution < -0.4 is 10.5 Å². The van der Waals surface area contributed by atoms with Crippen molar-refractivity contribution in [2.75, 3.05) is 26.0 Å². The number of methoxy groups -OCH3 is 1. The predicted octanol–water partition coefficient (Wildman–Crippen LogP) is 1.20. The van der Waals surface area contributed by atoms with Gasteiger partial charge in [0, 0.05) is 25.3 Å². The summed E-state index contributed by atoms with van der Waals surface area (Å²) in [6.45, 7) is 0.582. The Balaban J connectivity index is 2.28. The number of nitrogens with two attached hydrogens (primary N) is 1. The number of ether oxygens (including phenoxy) is 1. The molecule has 7 heteroatoms. The Labute approximate surface area is 125 Å². The fourth-order valence-electron chi connectivity index (χ4n) is 2.76. The number of aliphatic hydroxyl groups excluding tert-OH is 1. The van der Waals surface area contributed by atoms with Gasteiger partial charge in [0.15, 0.2) is 0 Å². The Kier molecular flexibility index (Phi) is 5.08. The maximum Gasteiger partial charge on any atom is 0.245 e. The number of hydrogen-bond donors (Lipinski definition) is 2. The molecule has 1 unspecified atom stereocenters. The van der Waals surface area contributed by atoms with Crippen molar-refractivity contribution in [1.29, 1.82) is 0 Å². The Morgan fingerprint density at radius 3 is 2.86 bits per heavy atom. The van der Waals surface area contributed by atoms with Crippen LogP contribution in [0.3, 0.4) is 0 Å². The molecule has 1 atom stereocenters. The van der Waals surface area contributed by atoms with Crippen LogP contribution in [0.15, 0.2) is 23.1 Å². The molecule has 0 aromatic heterocycles. The molecule has 3 N–H and O–H groups in total. The van der Waals surface area contributed by atoms with Crippen LogP contribution in [-0.4, -0.2) is 44.1 Å². The quantitative estimate of drug-likeness (QED) is 0.770. The highest BCUT2D eigenvalue weighted by Crippen LogP contribution is 2.32. The fourth-order valence-corrected chi connectivity index (χ4v) is 4.58. The van der Waals surface area contributed by atoms with Crippen molar-refractivity contribution >= 4 is 15.7 Å². The van der Waals surface area contributed by atoms with E-state index in [2.05, 4.69) is 0 Å². The van der Waals surface area contributed by atoms with Crippen molar-refractivity contribution in [1.82, 2.24) is 4.31 Å². The lowest BCUT2D eigenvalue weighted by atomic mass is 10.1. The number of benzene rings is 1. The second kappa shape index (κ2) is 6.64. The van der Waals surface area contributed by atoms with Gasteiger partial charge in [0.2, 0.25) is 10.0 Å². The molecule has 0 saturated carbocycles. The molecule has 118 valence electrons. The molecule has 1 saturated heterocycles. The van der Waals surface area contributed by atoms with Gasteiger partial charge in [0.05, 0.1) is 12.8 Å². The summed E-state index contributed by atoms with van der Waals surface area (Å²) in [5.41, 5.74) is 6.07. The summed E-state index contributed by atoms with van der Waals surface area (Å²) in [6, 6.07) is 4.56. The van der Waals surface area contributed by atoms with Crippen molar-refractivity contribution in [3.05, 3.63) is 18.2 Å². The summed E-state index contributed by atoms with van der Waals surface area (Å²) in [4.78, 5) is 0.124. The largest absolute Gasteiger partial charge is 0.497 e. The van der Waals surface area contributed by atoms with E-state index in [1.165, 1.54) is 23.5 Å². The van der Waals surface area contributed by atoms with E-state index < -0.39 is 10.0 Å². The van der Waals surface area contributed by atoms with Crippen LogP contribution in [0.5, 0.6) is 5.75 Å². The third kappa shape index (κ3) is 3.30. The van der Waals surface area contributed by atoms with Crippen LogP contribution in [0.2, 0.25) is 0 Å². The summed E-state index contributed by atoms with van der Waals surface area (Å²) in [6.07, 6.45) is 2.95. The van der Waals surface area contributed by atoms with Gasteiger partial charge in [-0.3, -0.25) is 0 Å². The number of aliphatic hydroxyl groups is 1. The fraction of sp³-hybridized carbons (Fsp3) is 0.571. The van der Waals surface area contributed by atoms with Crippen LogP contribution in [0.1, 0.15) is 25.7 Å². The molecule has 1 aromatic carbocycles. The number of hydrogen-bond acceptors (Lipinski definition) is 5. The zero-order valence-electron chi connectivity index (χ0n) is 12.2. The summed E-state index contributed by atoms with van der Waals surface area (Å²) >= 11 is 0. The first-order valence-corrected chi connectivity index (χ1v) is 8.51. The lowest BCUT2D eigenvalue weighted by Crippen LogP contribution is -2.36. The molecular formula is C14H22N2O4S. The van der Waals surface area contributed by atoms with E-state index in [-0.39, 0.29) is 23.2 Å². The molecular weight excluding hydrogens is 292 g/mol. The van der Waals surface area contributed by atoms with Crippen molar-refractivity contribution in [2.45, 2.75) is 36.6 Å². The second-order valence-corrected chi connectivity index (χ2v) is 7.04. The summed E-state index contributed by atoms with van der Waals surface area (Å²) in [5.74, 6) is 0.532. The number of rotatable bonds is 6. The molecule has 6 nitrogen and oxygen atoms in total. The Bertz CT molecular complexity index is 589. The van der Waals surface area contributed by atoms with Gasteiger partial charge in [-0.25, -0.2) is 8.42 Å². The minimum absolute atomic E-state index is 0.0522. The van der Waals surface area contributed by atoms with Crippen LogP contribution in [0.25, 0.3) is 0 Å². The zero-order valence-corrected chi connectivity index (χ0v) is 13.0. The van der Waals surface area contributed by atoms with Crippen molar-refractivity contribution in [3.63, 3.8) is 0 Å². The van der Waals surface area contributed by atoms with Gasteiger partial charge in [-0.2, -0.15) is 4.31 Å². The molecule has 0 spiro atoms. The van der Waals surface area contributed by atoms with Gasteiger partial charge in [-0.05, 0) is 37.8 Å². The monoisotopic (exact) mass is 314 g/mol. The topological polar surface area (TPSA) is 92.9 Å². The van der Waals surface area contributed by atoms with E-state index in [1.54, 1.807) is 6.07 Å². The normalized spacial score (nSPS) is 19.8. The van der Waals surface area contributed by atoms with Crippen molar-refractivity contribution in [2.24, 2.45) is 0 Å². The predicted molar refractivity (Wildman–Crippen MR) is 80.6 cm³/mol. The van der Waals surface area contributed by atoms with E-state index in [0.29, 0.717) is 25.1 Å². The van der Waals surface area contributed by atoms with Gasteiger partial charge < -0.3 is 15.6 Å².